The van der Waals surface area contributed by atoms with Crippen molar-refractivity contribution in [3.8, 4) is 0 Å². The van der Waals surface area contributed by atoms with Gasteiger partial charge >= 0.3 is 0 Å². The molecule has 0 spiro atoms. The van der Waals surface area contributed by atoms with Gasteiger partial charge in [0.25, 0.3) is 0 Å². The molecule has 0 atom stereocenters. The average molecular weight is 250 g/mol. The Morgan fingerprint density at radius 2 is 2.42 bits per heavy atom. The summed E-state index contributed by atoms with van der Waals surface area (Å²) in [6, 6.07) is 1.44. The third-order valence-electron chi connectivity index (χ3n) is 1.15. The summed E-state index contributed by atoms with van der Waals surface area (Å²) >= 11 is 8.86. The van der Waals surface area contributed by atoms with E-state index in [-0.39, 0.29) is 5.82 Å². The Morgan fingerprint density at radius 1 is 1.75 bits per heavy atom. The number of halogens is 2. The zero-order chi connectivity index (χ0) is 9.14. The van der Waals surface area contributed by atoms with Crippen molar-refractivity contribution in [3.05, 3.63) is 21.8 Å². The van der Waals surface area contributed by atoms with Crippen LogP contribution in [0.4, 0.5) is 5.82 Å². The van der Waals surface area contributed by atoms with Crippen LogP contribution in [0, 0.1) is 5.41 Å². The molecule has 0 fully saturated rings. The van der Waals surface area contributed by atoms with Crippen LogP contribution in [0.3, 0.4) is 0 Å². The largest absolute Gasteiger partial charge is 0.289 e. The molecule has 0 aliphatic carbocycles. The minimum Gasteiger partial charge on any atom is -0.289 e. The Hall–Kier alpha value is -0.650. The number of hydroxylamine groups is 1. The van der Waals surface area contributed by atoms with E-state index in [0.717, 1.165) is 6.34 Å². The lowest BCUT2D eigenvalue weighted by Crippen LogP contribution is -2.15. The van der Waals surface area contributed by atoms with Gasteiger partial charge in [-0.25, -0.2) is 4.98 Å². The maximum atomic E-state index is 9.00. The lowest BCUT2D eigenvalue weighted by molar-refractivity contribution is 0.313. The number of hydrogen-bond acceptors (Lipinski definition) is 3. The minimum absolute atomic E-state index is 0.207. The van der Waals surface area contributed by atoms with Gasteiger partial charge in [0.05, 0.1) is 9.50 Å². The summed E-state index contributed by atoms with van der Waals surface area (Å²) in [4.78, 5) is 3.80. The normalized spacial score (nSPS) is 9.58. The molecule has 12 heavy (non-hydrogen) atoms. The van der Waals surface area contributed by atoms with E-state index in [1.54, 1.807) is 0 Å². The average Bonchev–Trinajstić information content (AvgIpc) is 2.08. The molecule has 0 aliphatic rings. The molecule has 0 aliphatic heterocycles. The van der Waals surface area contributed by atoms with E-state index < -0.39 is 0 Å². The predicted octanol–water partition coefficient (Wildman–Crippen LogP) is 2.30. The van der Waals surface area contributed by atoms with E-state index in [2.05, 4.69) is 20.9 Å². The summed E-state index contributed by atoms with van der Waals surface area (Å²) in [5.41, 5.74) is 0. The molecule has 64 valence electrons. The Balaban J connectivity index is 3.04. The van der Waals surface area contributed by atoms with Crippen molar-refractivity contribution in [1.29, 1.82) is 5.41 Å². The highest BCUT2D eigenvalue weighted by atomic mass is 79.9. The van der Waals surface area contributed by atoms with E-state index in [1.165, 1.54) is 12.3 Å². The van der Waals surface area contributed by atoms with E-state index in [0.29, 0.717) is 14.6 Å². The molecule has 0 aromatic carbocycles. The molecular formula is C6H5BrClN3O. The van der Waals surface area contributed by atoms with Crippen LogP contribution in [0.15, 0.2) is 16.7 Å². The third kappa shape index (κ3) is 1.94. The molecule has 0 radical (unpaired) electrons. The monoisotopic (exact) mass is 249 g/mol. The van der Waals surface area contributed by atoms with Gasteiger partial charge in [-0.15, -0.1) is 0 Å². The summed E-state index contributed by atoms with van der Waals surface area (Å²) in [5, 5.41) is 16.7. The van der Waals surface area contributed by atoms with Crippen LogP contribution < -0.4 is 5.06 Å². The molecule has 1 heterocycles. The maximum absolute atomic E-state index is 9.00. The maximum Gasteiger partial charge on any atom is 0.160 e. The fourth-order valence-corrected chi connectivity index (χ4v) is 0.959. The van der Waals surface area contributed by atoms with Crippen molar-refractivity contribution in [2.45, 2.75) is 0 Å². The highest BCUT2D eigenvalue weighted by molar-refractivity contribution is 9.10. The molecule has 0 saturated heterocycles. The highest BCUT2D eigenvalue weighted by Crippen LogP contribution is 2.24. The van der Waals surface area contributed by atoms with Crippen LogP contribution in [0.5, 0.6) is 0 Å². The molecule has 1 aromatic rings. The first kappa shape index (κ1) is 9.44. The van der Waals surface area contributed by atoms with Gasteiger partial charge in [0.1, 0.15) is 6.34 Å². The quantitative estimate of drug-likeness (QED) is 0.481. The predicted molar refractivity (Wildman–Crippen MR) is 50.0 cm³/mol. The second-order valence-electron chi connectivity index (χ2n) is 1.93. The van der Waals surface area contributed by atoms with Crippen LogP contribution in [-0.4, -0.2) is 16.5 Å². The number of aromatic nitrogens is 1. The third-order valence-corrected chi connectivity index (χ3v) is 2.32. The highest BCUT2D eigenvalue weighted by Gasteiger charge is 2.03. The molecule has 6 heteroatoms. The topological polar surface area (TPSA) is 60.2 Å². The van der Waals surface area contributed by atoms with Crippen molar-refractivity contribution < 1.29 is 5.21 Å². The second kappa shape index (κ2) is 3.84. The van der Waals surface area contributed by atoms with Crippen LogP contribution in [0.2, 0.25) is 5.02 Å². The molecule has 1 rings (SSSR count). The van der Waals surface area contributed by atoms with Crippen LogP contribution >= 0.6 is 27.5 Å². The van der Waals surface area contributed by atoms with Gasteiger partial charge < -0.3 is 0 Å². The molecule has 4 nitrogen and oxygen atoms in total. The van der Waals surface area contributed by atoms with Crippen molar-refractivity contribution in [3.63, 3.8) is 0 Å². The lowest BCUT2D eigenvalue weighted by atomic mass is 10.4. The number of anilines is 1. The molecule has 2 N–H and O–H groups in total. The van der Waals surface area contributed by atoms with E-state index in [9.17, 15) is 0 Å². The number of nitrogens with zero attached hydrogens (tertiary/aromatic N) is 2. The fourth-order valence-electron chi connectivity index (χ4n) is 0.595. The van der Waals surface area contributed by atoms with Gasteiger partial charge in [-0.05, 0) is 15.9 Å². The number of hydrogen-bond donors (Lipinski definition) is 2. The first-order valence-corrected chi connectivity index (χ1v) is 4.12. The van der Waals surface area contributed by atoms with Gasteiger partial charge in [-0.3, -0.25) is 10.6 Å². The smallest absolute Gasteiger partial charge is 0.160 e. The number of nitrogens with one attached hydrogen (secondary N) is 1. The Morgan fingerprint density at radius 3 is 2.92 bits per heavy atom. The zero-order valence-electron chi connectivity index (χ0n) is 5.83. The van der Waals surface area contributed by atoms with E-state index in [4.69, 9.17) is 22.2 Å². The van der Waals surface area contributed by atoms with Crippen molar-refractivity contribution in [1.82, 2.24) is 4.98 Å². The van der Waals surface area contributed by atoms with Gasteiger partial charge in [-0.2, -0.15) is 5.06 Å². The molecule has 0 saturated carbocycles. The van der Waals surface area contributed by atoms with Crippen molar-refractivity contribution >= 4 is 39.7 Å². The van der Waals surface area contributed by atoms with Gasteiger partial charge in [0.2, 0.25) is 0 Å². The van der Waals surface area contributed by atoms with Crippen molar-refractivity contribution in [2.24, 2.45) is 0 Å². The van der Waals surface area contributed by atoms with E-state index in [1.807, 2.05) is 0 Å². The fraction of sp³-hybridized carbons (Fsp3) is 0. The minimum atomic E-state index is 0.207. The standard InChI is InChI=1S/C6H5BrClN3O/c7-4-2-10-6(1-5(4)8)11(12)3-9/h1-3,9,12H. The lowest BCUT2D eigenvalue weighted by Gasteiger charge is -2.08. The van der Waals surface area contributed by atoms with Crippen LogP contribution in [0.1, 0.15) is 0 Å². The molecule has 1 aromatic heterocycles. The first-order chi connectivity index (χ1) is 5.65. The molecule has 0 bridgehead atoms. The Bertz CT molecular complexity index is 307. The number of pyridine rings is 1. The second-order valence-corrected chi connectivity index (χ2v) is 3.19. The molecular weight excluding hydrogens is 245 g/mol. The zero-order valence-corrected chi connectivity index (χ0v) is 8.17. The molecule has 0 unspecified atom stereocenters. The Labute approximate surface area is 82.4 Å². The summed E-state index contributed by atoms with van der Waals surface area (Å²) in [6.07, 6.45) is 2.18. The van der Waals surface area contributed by atoms with Crippen molar-refractivity contribution in [2.75, 3.05) is 5.06 Å². The first-order valence-electron chi connectivity index (χ1n) is 2.95. The summed E-state index contributed by atoms with van der Waals surface area (Å²) in [7, 11) is 0. The summed E-state index contributed by atoms with van der Waals surface area (Å²) < 4.78 is 0.645. The summed E-state index contributed by atoms with van der Waals surface area (Å²) in [6.45, 7) is 0. The SMILES string of the molecule is N=CN(O)c1cc(Cl)c(Br)cn1. The van der Waals surface area contributed by atoms with Gasteiger partial charge in [0.15, 0.2) is 5.82 Å². The summed E-state index contributed by atoms with van der Waals surface area (Å²) in [5.74, 6) is 0.207. The van der Waals surface area contributed by atoms with E-state index >= 15 is 0 Å². The van der Waals surface area contributed by atoms with Crippen LogP contribution in [0.25, 0.3) is 0 Å². The van der Waals surface area contributed by atoms with Gasteiger partial charge in [0, 0.05) is 12.3 Å². The Kier molecular flexibility index (Phi) is 3.02. The van der Waals surface area contributed by atoms with Gasteiger partial charge in [-0.1, -0.05) is 11.6 Å². The molecule has 0 amide bonds. The van der Waals surface area contributed by atoms with Crippen LogP contribution in [-0.2, 0) is 0 Å². The number of rotatable bonds is 2.